The number of aromatic nitrogens is 1. The normalized spacial score (nSPS) is 11.8. The molecule has 272 valence electrons. The second kappa shape index (κ2) is 13.1. The highest BCUT2D eigenvalue weighted by molar-refractivity contribution is 7.26. The minimum absolute atomic E-state index is 0.865. The van der Waals surface area contributed by atoms with Gasteiger partial charge in [-0.1, -0.05) is 140 Å². The Hall–Kier alpha value is -7.40. The zero-order valence-electron chi connectivity index (χ0n) is 31.3. The number of fused-ring (bicyclic) bond motifs is 9. The van der Waals surface area contributed by atoms with Gasteiger partial charge in [0.15, 0.2) is 0 Å². The quantitative estimate of drug-likeness (QED) is 0.168. The zero-order chi connectivity index (χ0) is 38.2. The maximum absolute atomic E-state index is 6.57. The van der Waals surface area contributed by atoms with Crippen LogP contribution in [0.2, 0.25) is 0 Å². The summed E-state index contributed by atoms with van der Waals surface area (Å²) in [5.41, 5.74) is 13.2. The Labute approximate surface area is 338 Å². The molecule has 0 atom stereocenters. The van der Waals surface area contributed by atoms with Gasteiger partial charge in [0.1, 0.15) is 11.2 Å². The van der Waals surface area contributed by atoms with E-state index in [9.17, 15) is 0 Å². The van der Waals surface area contributed by atoms with Crippen molar-refractivity contribution < 1.29 is 4.42 Å². The lowest BCUT2D eigenvalue weighted by Crippen LogP contribution is -2.11. The first-order valence-corrected chi connectivity index (χ1v) is 20.5. The Morgan fingerprint density at radius 2 is 1.02 bits per heavy atom. The van der Waals surface area contributed by atoms with Crippen LogP contribution in [0.15, 0.2) is 211 Å². The van der Waals surface area contributed by atoms with E-state index >= 15 is 0 Å². The molecule has 4 heteroatoms. The number of furan rings is 1. The lowest BCUT2D eigenvalue weighted by atomic mass is 9.95. The van der Waals surface area contributed by atoms with Crippen LogP contribution in [0, 0.1) is 0 Å². The SMILES string of the molecule is c1ccc(-c2cc(-c3ccccc3)c3c(c2)c2c(N(c4cccc5c4sc4ccccc45)c4cccc5oc6ccccc6c45)cccc2n3-c2ccccc2)cc1. The van der Waals surface area contributed by atoms with Gasteiger partial charge in [-0.2, -0.15) is 0 Å². The van der Waals surface area contributed by atoms with Crippen molar-refractivity contribution >= 4 is 92.3 Å². The van der Waals surface area contributed by atoms with E-state index in [2.05, 4.69) is 210 Å². The predicted molar refractivity (Wildman–Crippen MR) is 247 cm³/mol. The number of para-hydroxylation sites is 2. The lowest BCUT2D eigenvalue weighted by molar-refractivity contribution is 0.669. The van der Waals surface area contributed by atoms with Gasteiger partial charge in [-0.05, 0) is 83.4 Å². The summed E-state index contributed by atoms with van der Waals surface area (Å²) in [6, 6.07) is 74.5. The molecule has 0 radical (unpaired) electrons. The van der Waals surface area contributed by atoms with Gasteiger partial charge in [-0.15, -0.1) is 11.3 Å². The molecule has 0 unspecified atom stereocenters. The van der Waals surface area contributed by atoms with Crippen LogP contribution in [-0.4, -0.2) is 4.57 Å². The highest BCUT2D eigenvalue weighted by Crippen LogP contribution is 2.52. The van der Waals surface area contributed by atoms with Crippen LogP contribution in [0.5, 0.6) is 0 Å². The van der Waals surface area contributed by atoms with Gasteiger partial charge in [0.2, 0.25) is 0 Å². The number of rotatable bonds is 6. The molecule has 0 fully saturated rings. The molecule has 12 rings (SSSR count). The van der Waals surface area contributed by atoms with E-state index < -0.39 is 0 Å². The van der Waals surface area contributed by atoms with Crippen molar-refractivity contribution in [2.24, 2.45) is 0 Å². The highest BCUT2D eigenvalue weighted by atomic mass is 32.1. The van der Waals surface area contributed by atoms with Crippen molar-refractivity contribution in [3.63, 3.8) is 0 Å². The third-order valence-electron chi connectivity index (χ3n) is 11.6. The lowest BCUT2D eigenvalue weighted by Gasteiger charge is -2.28. The van der Waals surface area contributed by atoms with Crippen LogP contribution in [-0.2, 0) is 0 Å². The summed E-state index contributed by atoms with van der Waals surface area (Å²) in [5.74, 6) is 0. The summed E-state index contributed by atoms with van der Waals surface area (Å²) < 4.78 is 11.6. The topological polar surface area (TPSA) is 21.3 Å². The maximum Gasteiger partial charge on any atom is 0.137 e. The summed E-state index contributed by atoms with van der Waals surface area (Å²) in [7, 11) is 0. The number of hydrogen-bond donors (Lipinski definition) is 0. The first kappa shape index (κ1) is 32.8. The van der Waals surface area contributed by atoms with E-state index in [1.807, 2.05) is 17.4 Å². The molecule has 0 saturated heterocycles. The van der Waals surface area contributed by atoms with Crippen molar-refractivity contribution in [2.45, 2.75) is 0 Å². The summed E-state index contributed by atoms with van der Waals surface area (Å²) in [4.78, 5) is 2.51. The van der Waals surface area contributed by atoms with Gasteiger partial charge in [0.05, 0.1) is 38.2 Å². The third-order valence-corrected chi connectivity index (χ3v) is 12.8. The van der Waals surface area contributed by atoms with Crippen LogP contribution in [0.25, 0.3) is 91.9 Å². The fourth-order valence-electron chi connectivity index (χ4n) is 9.08. The number of thiophene rings is 1. The average molecular weight is 759 g/mol. The number of hydrogen-bond acceptors (Lipinski definition) is 3. The Bertz CT molecular complexity index is 3510. The molecule has 58 heavy (non-hydrogen) atoms. The fourth-order valence-corrected chi connectivity index (χ4v) is 10.3. The Morgan fingerprint density at radius 1 is 0.414 bits per heavy atom. The van der Waals surface area contributed by atoms with Crippen LogP contribution in [0.3, 0.4) is 0 Å². The smallest absolute Gasteiger partial charge is 0.137 e. The van der Waals surface area contributed by atoms with Gasteiger partial charge >= 0.3 is 0 Å². The van der Waals surface area contributed by atoms with E-state index in [0.717, 1.165) is 50.2 Å². The van der Waals surface area contributed by atoms with E-state index in [1.165, 1.54) is 58.7 Å². The second-order valence-corrected chi connectivity index (χ2v) is 15.9. The molecule has 3 heterocycles. The minimum Gasteiger partial charge on any atom is -0.456 e. The zero-order valence-corrected chi connectivity index (χ0v) is 32.2. The maximum atomic E-state index is 6.57. The molecule has 0 N–H and O–H groups in total. The average Bonchev–Trinajstić information content (AvgIpc) is 3.98. The van der Waals surface area contributed by atoms with E-state index in [1.54, 1.807) is 0 Å². The molecule has 3 nitrogen and oxygen atoms in total. The van der Waals surface area contributed by atoms with Gasteiger partial charge in [0, 0.05) is 42.9 Å². The van der Waals surface area contributed by atoms with Crippen molar-refractivity contribution in [1.29, 1.82) is 0 Å². The molecule has 0 aliphatic rings. The van der Waals surface area contributed by atoms with Crippen LogP contribution >= 0.6 is 11.3 Å². The molecule has 3 aromatic heterocycles. The van der Waals surface area contributed by atoms with E-state index in [0.29, 0.717) is 0 Å². The standard InChI is InChI=1S/C54H34N2OS/c1-4-17-35(18-5-1)37-33-42(36-19-6-2-7-20-36)53-43(34-37)51-44(55(53)38-21-8-3-9-22-38)26-15-27-45(51)56(46-28-16-31-49-52(46)41-24-10-12-30-48(41)57-49)47-29-14-25-40-39-23-11-13-32-50(39)58-54(40)47/h1-34H. The summed E-state index contributed by atoms with van der Waals surface area (Å²) in [5, 5.41) is 7.08. The summed E-state index contributed by atoms with van der Waals surface area (Å²) >= 11 is 1.86. The summed E-state index contributed by atoms with van der Waals surface area (Å²) in [6.07, 6.45) is 0. The molecular formula is C54H34N2OS. The highest BCUT2D eigenvalue weighted by Gasteiger charge is 2.27. The van der Waals surface area contributed by atoms with Crippen molar-refractivity contribution in [2.75, 3.05) is 4.90 Å². The molecule has 12 aromatic rings. The molecule has 0 spiro atoms. The van der Waals surface area contributed by atoms with Crippen LogP contribution in [0.1, 0.15) is 0 Å². The molecule has 0 aliphatic carbocycles. The first-order chi connectivity index (χ1) is 28.8. The van der Waals surface area contributed by atoms with Gasteiger partial charge in [-0.3, -0.25) is 0 Å². The Balaban J connectivity index is 1.28. The molecule has 0 aliphatic heterocycles. The Morgan fingerprint density at radius 3 is 1.83 bits per heavy atom. The minimum atomic E-state index is 0.865. The van der Waals surface area contributed by atoms with Crippen molar-refractivity contribution in [1.82, 2.24) is 4.57 Å². The molecule has 0 amide bonds. The predicted octanol–water partition coefficient (Wildman–Crippen LogP) is 15.9. The number of benzene rings is 9. The van der Waals surface area contributed by atoms with Gasteiger partial charge in [-0.25, -0.2) is 0 Å². The van der Waals surface area contributed by atoms with Gasteiger partial charge in [0.25, 0.3) is 0 Å². The largest absolute Gasteiger partial charge is 0.456 e. The second-order valence-electron chi connectivity index (χ2n) is 14.8. The molecular weight excluding hydrogens is 725 g/mol. The van der Waals surface area contributed by atoms with E-state index in [4.69, 9.17) is 4.42 Å². The van der Waals surface area contributed by atoms with Crippen molar-refractivity contribution in [3.8, 4) is 27.9 Å². The Kier molecular flexibility index (Phi) is 7.40. The molecule has 0 saturated carbocycles. The first-order valence-electron chi connectivity index (χ1n) is 19.7. The van der Waals surface area contributed by atoms with E-state index in [-0.39, 0.29) is 0 Å². The van der Waals surface area contributed by atoms with Crippen LogP contribution in [0.4, 0.5) is 17.1 Å². The van der Waals surface area contributed by atoms with Crippen LogP contribution < -0.4 is 4.90 Å². The number of anilines is 3. The van der Waals surface area contributed by atoms with Crippen molar-refractivity contribution in [3.05, 3.63) is 206 Å². The third kappa shape index (κ3) is 4.99. The molecule has 0 bridgehead atoms. The van der Waals surface area contributed by atoms with Gasteiger partial charge < -0.3 is 13.9 Å². The fraction of sp³-hybridized carbons (Fsp3) is 0. The number of nitrogens with zero attached hydrogens (tertiary/aromatic N) is 2. The molecule has 9 aromatic carbocycles. The summed E-state index contributed by atoms with van der Waals surface area (Å²) in [6.45, 7) is 0. The monoisotopic (exact) mass is 758 g/mol.